The topological polar surface area (TPSA) is 105 Å². The largest absolute Gasteiger partial charge is 0.497 e. The first kappa shape index (κ1) is 32.5. The fourth-order valence-corrected chi connectivity index (χ4v) is 5.72. The number of carbonyl (C=O) groups excluding carboxylic acids is 2. The highest BCUT2D eigenvalue weighted by Gasteiger charge is 2.33. The van der Waals surface area contributed by atoms with Crippen LogP contribution in [0.3, 0.4) is 0 Å². The molecule has 9 nitrogen and oxygen atoms in total. The summed E-state index contributed by atoms with van der Waals surface area (Å²) in [5.74, 6) is 0.264. The first-order valence-electron chi connectivity index (χ1n) is 14.0. The number of nitrogens with one attached hydrogen (secondary N) is 1. The Bertz CT molecular complexity index is 1460. The van der Waals surface area contributed by atoms with Crippen molar-refractivity contribution in [1.29, 1.82) is 0 Å². The lowest BCUT2D eigenvalue weighted by Gasteiger charge is -2.32. The Kier molecular flexibility index (Phi) is 11.4. The molecule has 0 bridgehead atoms. The number of methoxy groups -OCH3 is 1. The van der Waals surface area contributed by atoms with E-state index in [0.717, 1.165) is 15.4 Å². The van der Waals surface area contributed by atoms with Crippen molar-refractivity contribution in [2.24, 2.45) is 5.92 Å². The maximum atomic E-state index is 14.1. The van der Waals surface area contributed by atoms with Crippen LogP contribution >= 0.6 is 0 Å². The van der Waals surface area contributed by atoms with E-state index in [1.807, 2.05) is 26.8 Å². The number of hydrogen-bond donors (Lipinski definition) is 1. The number of carbonyl (C=O) groups is 2. The standard InChI is InChI=1S/C32H41N3O6S/c1-7-41-30-14-9-8-13-29(30)35(42(38,39)28-17-15-24(4)16-18-28)22-31(36)34(25(5)32(37)33-20-23(2)3)21-26-11-10-12-27(19-26)40-6/h8-19,23,25H,7,20-22H2,1-6H3,(H,33,37)/t25-/m0/s1. The van der Waals surface area contributed by atoms with Gasteiger partial charge in [-0.2, -0.15) is 0 Å². The van der Waals surface area contributed by atoms with E-state index in [1.165, 1.54) is 17.0 Å². The summed E-state index contributed by atoms with van der Waals surface area (Å²) in [6.07, 6.45) is 0. The van der Waals surface area contributed by atoms with Gasteiger partial charge >= 0.3 is 0 Å². The minimum atomic E-state index is -4.21. The first-order valence-corrected chi connectivity index (χ1v) is 15.4. The van der Waals surface area contributed by atoms with Crippen molar-refractivity contribution in [3.05, 3.63) is 83.9 Å². The molecule has 3 aromatic carbocycles. The fourth-order valence-electron chi connectivity index (χ4n) is 4.29. The number of ether oxygens (including phenoxy) is 2. The van der Waals surface area contributed by atoms with Crippen LogP contribution in [0, 0.1) is 12.8 Å². The fraction of sp³-hybridized carbons (Fsp3) is 0.375. The van der Waals surface area contributed by atoms with Crippen molar-refractivity contribution in [1.82, 2.24) is 10.2 Å². The van der Waals surface area contributed by atoms with E-state index in [1.54, 1.807) is 75.6 Å². The molecule has 0 heterocycles. The molecule has 0 saturated heterocycles. The maximum Gasteiger partial charge on any atom is 0.264 e. The smallest absolute Gasteiger partial charge is 0.264 e. The first-order chi connectivity index (χ1) is 20.0. The van der Waals surface area contributed by atoms with Gasteiger partial charge in [-0.1, -0.05) is 55.8 Å². The Morgan fingerprint density at radius 3 is 2.29 bits per heavy atom. The van der Waals surface area contributed by atoms with Gasteiger partial charge in [0.1, 0.15) is 24.1 Å². The average molecular weight is 596 g/mol. The molecule has 0 aliphatic heterocycles. The van der Waals surface area contributed by atoms with Crippen LogP contribution in [0.4, 0.5) is 5.69 Å². The van der Waals surface area contributed by atoms with Crippen LogP contribution in [-0.2, 0) is 26.2 Å². The van der Waals surface area contributed by atoms with Gasteiger partial charge in [0.15, 0.2) is 0 Å². The van der Waals surface area contributed by atoms with Crippen molar-refractivity contribution in [3.63, 3.8) is 0 Å². The van der Waals surface area contributed by atoms with Crippen molar-refractivity contribution < 1.29 is 27.5 Å². The van der Waals surface area contributed by atoms with Gasteiger partial charge in [-0.15, -0.1) is 0 Å². The van der Waals surface area contributed by atoms with E-state index in [4.69, 9.17) is 9.47 Å². The molecule has 0 aliphatic carbocycles. The third-order valence-electron chi connectivity index (χ3n) is 6.66. The molecule has 3 rings (SSSR count). The van der Waals surface area contributed by atoms with Gasteiger partial charge < -0.3 is 19.7 Å². The summed E-state index contributed by atoms with van der Waals surface area (Å²) < 4.78 is 40.3. The maximum absolute atomic E-state index is 14.1. The molecule has 226 valence electrons. The van der Waals surface area contributed by atoms with Crippen molar-refractivity contribution >= 4 is 27.5 Å². The molecule has 0 unspecified atom stereocenters. The molecule has 3 aromatic rings. The molecule has 0 spiro atoms. The molecule has 0 aromatic heterocycles. The average Bonchev–Trinajstić information content (AvgIpc) is 2.97. The third kappa shape index (κ3) is 8.25. The number of sulfonamides is 1. The number of para-hydroxylation sites is 2. The molecule has 42 heavy (non-hydrogen) atoms. The number of aryl methyl sites for hydroxylation is 1. The summed E-state index contributed by atoms with van der Waals surface area (Å²) in [6.45, 7) is 9.53. The van der Waals surface area contributed by atoms with E-state index in [0.29, 0.717) is 24.7 Å². The minimum absolute atomic E-state index is 0.0364. The molecule has 0 saturated carbocycles. The number of amides is 2. The zero-order valence-corrected chi connectivity index (χ0v) is 26.0. The van der Waals surface area contributed by atoms with Crippen LogP contribution in [-0.4, -0.2) is 58.0 Å². The van der Waals surface area contributed by atoms with Gasteiger partial charge in [0.2, 0.25) is 11.8 Å². The highest BCUT2D eigenvalue weighted by Crippen LogP contribution is 2.33. The van der Waals surface area contributed by atoms with E-state index < -0.39 is 28.5 Å². The van der Waals surface area contributed by atoms with E-state index in [-0.39, 0.29) is 29.0 Å². The predicted octanol–water partition coefficient (Wildman–Crippen LogP) is 4.79. The van der Waals surface area contributed by atoms with Gasteiger partial charge in [-0.3, -0.25) is 13.9 Å². The van der Waals surface area contributed by atoms with Crippen LogP contribution in [0.5, 0.6) is 11.5 Å². The molecule has 0 aliphatic rings. The van der Waals surface area contributed by atoms with E-state index in [9.17, 15) is 18.0 Å². The van der Waals surface area contributed by atoms with Crippen LogP contribution in [0.1, 0.15) is 38.8 Å². The molecular formula is C32H41N3O6S. The van der Waals surface area contributed by atoms with Gasteiger partial charge in [0, 0.05) is 13.1 Å². The monoisotopic (exact) mass is 595 g/mol. The Morgan fingerprint density at radius 2 is 1.64 bits per heavy atom. The lowest BCUT2D eigenvalue weighted by Crippen LogP contribution is -2.51. The van der Waals surface area contributed by atoms with E-state index in [2.05, 4.69) is 5.32 Å². The summed E-state index contributed by atoms with van der Waals surface area (Å²) in [5, 5.41) is 2.89. The second-order valence-corrected chi connectivity index (χ2v) is 12.3. The van der Waals surface area contributed by atoms with Crippen LogP contribution in [0.15, 0.2) is 77.7 Å². The summed E-state index contributed by atoms with van der Waals surface area (Å²) >= 11 is 0. The van der Waals surface area contributed by atoms with Crippen LogP contribution in [0.25, 0.3) is 0 Å². The SMILES string of the molecule is CCOc1ccccc1N(CC(=O)N(Cc1cccc(OC)c1)[C@@H](C)C(=O)NCC(C)C)S(=O)(=O)c1ccc(C)cc1. The second kappa shape index (κ2) is 14.7. The number of rotatable bonds is 14. The molecule has 10 heteroatoms. The third-order valence-corrected chi connectivity index (χ3v) is 8.43. The van der Waals surface area contributed by atoms with Crippen molar-refractivity contribution in [2.45, 2.75) is 52.1 Å². The van der Waals surface area contributed by atoms with Gasteiger partial charge in [0.05, 0.1) is 24.3 Å². The van der Waals surface area contributed by atoms with Gasteiger partial charge in [0.25, 0.3) is 10.0 Å². The van der Waals surface area contributed by atoms with Gasteiger partial charge in [-0.25, -0.2) is 8.42 Å². The number of nitrogens with zero attached hydrogens (tertiary/aromatic N) is 2. The summed E-state index contributed by atoms with van der Waals surface area (Å²) in [6, 6.07) is 19.5. The number of benzene rings is 3. The Labute approximate surface area is 249 Å². The van der Waals surface area contributed by atoms with Crippen LogP contribution in [0.2, 0.25) is 0 Å². The quantitative estimate of drug-likeness (QED) is 0.288. The highest BCUT2D eigenvalue weighted by atomic mass is 32.2. The number of hydrogen-bond acceptors (Lipinski definition) is 6. The molecule has 2 amide bonds. The van der Waals surface area contributed by atoms with Gasteiger partial charge in [-0.05, 0) is 68.7 Å². The molecule has 1 atom stereocenters. The lowest BCUT2D eigenvalue weighted by atomic mass is 10.1. The van der Waals surface area contributed by atoms with Crippen LogP contribution < -0.4 is 19.1 Å². The molecule has 0 fully saturated rings. The Morgan fingerprint density at radius 1 is 0.952 bits per heavy atom. The normalized spacial score (nSPS) is 12.0. The van der Waals surface area contributed by atoms with E-state index >= 15 is 0 Å². The zero-order chi connectivity index (χ0) is 30.9. The van der Waals surface area contributed by atoms with Crippen molar-refractivity contribution in [2.75, 3.05) is 31.1 Å². The summed E-state index contributed by atoms with van der Waals surface area (Å²) in [5.41, 5.74) is 1.86. The lowest BCUT2D eigenvalue weighted by molar-refractivity contribution is -0.139. The number of anilines is 1. The Hall–Kier alpha value is -4.05. The highest BCUT2D eigenvalue weighted by molar-refractivity contribution is 7.92. The summed E-state index contributed by atoms with van der Waals surface area (Å²) in [4.78, 5) is 28.7. The molecular weight excluding hydrogens is 554 g/mol. The molecule has 0 radical (unpaired) electrons. The second-order valence-electron chi connectivity index (χ2n) is 10.4. The predicted molar refractivity (Wildman–Crippen MR) is 164 cm³/mol. The molecule has 1 N–H and O–H groups in total. The zero-order valence-electron chi connectivity index (χ0n) is 25.2. The minimum Gasteiger partial charge on any atom is -0.497 e. The summed E-state index contributed by atoms with van der Waals surface area (Å²) in [7, 11) is -2.66. The Balaban J connectivity index is 2.07. The van der Waals surface area contributed by atoms with Crippen molar-refractivity contribution in [3.8, 4) is 11.5 Å².